The van der Waals surface area contributed by atoms with Crippen LogP contribution in [0.25, 0.3) is 0 Å². The summed E-state index contributed by atoms with van der Waals surface area (Å²) in [6.07, 6.45) is 8.62. The predicted molar refractivity (Wildman–Crippen MR) is 74.4 cm³/mol. The summed E-state index contributed by atoms with van der Waals surface area (Å²) < 4.78 is 0. The van der Waals surface area contributed by atoms with Crippen molar-refractivity contribution in [3.8, 4) is 0 Å². The van der Waals surface area contributed by atoms with Gasteiger partial charge < -0.3 is 0 Å². The summed E-state index contributed by atoms with van der Waals surface area (Å²) in [6, 6.07) is 0. The Morgan fingerprint density at radius 1 is 0.750 bits per heavy atom. The summed E-state index contributed by atoms with van der Waals surface area (Å²) in [5.74, 6) is 0. The van der Waals surface area contributed by atoms with Crippen molar-refractivity contribution in [3.05, 3.63) is 0 Å². The summed E-state index contributed by atoms with van der Waals surface area (Å²) in [6.45, 7) is 13.2. The molecule has 0 aliphatic carbocycles. The summed E-state index contributed by atoms with van der Waals surface area (Å²) in [4.78, 5) is 0. The van der Waals surface area contributed by atoms with E-state index in [9.17, 15) is 0 Å². The van der Waals surface area contributed by atoms with Crippen molar-refractivity contribution in [2.45, 2.75) is 67.2 Å². The quantitative estimate of drug-likeness (QED) is 0.442. The molecule has 0 N–H and O–H groups in total. The molecule has 0 bridgehead atoms. The fourth-order valence-electron chi connectivity index (χ4n) is 1.80. The molecule has 0 aromatic carbocycles. The molecule has 0 aromatic heterocycles. The molecule has 2 nitrogen and oxygen atoms in total. The van der Waals surface area contributed by atoms with Crippen LogP contribution in [0.3, 0.4) is 0 Å². The first-order chi connectivity index (χ1) is 7.33. The zero-order valence-electron chi connectivity index (χ0n) is 11.9. The third-order valence-electron chi connectivity index (χ3n) is 2.67. The third-order valence-corrected chi connectivity index (χ3v) is 2.67. The SMILES string of the molecule is CCCC(C)(C)/C=N\N=C/C(C)(C)CCC. The lowest BCUT2D eigenvalue weighted by Gasteiger charge is -2.18. The van der Waals surface area contributed by atoms with Crippen molar-refractivity contribution in [2.75, 3.05) is 0 Å². The normalized spacial score (nSPS) is 14.1. The molecule has 0 radical (unpaired) electrons. The first-order valence-electron chi connectivity index (χ1n) is 6.42. The van der Waals surface area contributed by atoms with Crippen LogP contribution in [-0.4, -0.2) is 12.4 Å². The standard InChI is InChI=1S/C14H28N2/c1-7-9-13(3,4)11-15-16-12-14(5,6)10-8-2/h11-12H,7-10H2,1-6H3/b15-11-,16-12-. The van der Waals surface area contributed by atoms with Gasteiger partial charge in [-0.15, -0.1) is 0 Å². The Balaban J connectivity index is 4.22. The Bertz CT molecular complexity index is 211. The lowest BCUT2D eigenvalue weighted by Crippen LogP contribution is -2.13. The van der Waals surface area contributed by atoms with Gasteiger partial charge in [0.05, 0.1) is 0 Å². The third kappa shape index (κ3) is 7.61. The minimum atomic E-state index is 0.168. The topological polar surface area (TPSA) is 24.7 Å². The average Bonchev–Trinajstić information content (AvgIpc) is 2.12. The van der Waals surface area contributed by atoms with Crippen molar-refractivity contribution in [1.82, 2.24) is 0 Å². The minimum Gasteiger partial charge on any atom is -0.163 e. The van der Waals surface area contributed by atoms with Crippen LogP contribution in [0.2, 0.25) is 0 Å². The maximum absolute atomic E-state index is 4.17. The van der Waals surface area contributed by atoms with Gasteiger partial charge in [-0.05, 0) is 12.8 Å². The summed E-state index contributed by atoms with van der Waals surface area (Å²) in [5, 5.41) is 8.35. The van der Waals surface area contributed by atoms with E-state index in [1.165, 1.54) is 12.8 Å². The highest BCUT2D eigenvalue weighted by Crippen LogP contribution is 2.20. The molecular weight excluding hydrogens is 196 g/mol. The molecule has 0 aliphatic heterocycles. The van der Waals surface area contributed by atoms with Crippen molar-refractivity contribution in [2.24, 2.45) is 21.0 Å². The lowest BCUT2D eigenvalue weighted by molar-refractivity contribution is 0.474. The summed E-state index contributed by atoms with van der Waals surface area (Å²) in [5.41, 5.74) is 0.335. The van der Waals surface area contributed by atoms with Crippen LogP contribution in [0.15, 0.2) is 10.2 Å². The fourth-order valence-corrected chi connectivity index (χ4v) is 1.80. The largest absolute Gasteiger partial charge is 0.163 e. The average molecular weight is 224 g/mol. The van der Waals surface area contributed by atoms with E-state index in [0.29, 0.717) is 0 Å². The zero-order valence-corrected chi connectivity index (χ0v) is 11.9. The minimum absolute atomic E-state index is 0.168. The van der Waals surface area contributed by atoms with E-state index in [1.54, 1.807) is 0 Å². The van der Waals surface area contributed by atoms with Gasteiger partial charge in [-0.1, -0.05) is 54.4 Å². The van der Waals surface area contributed by atoms with Gasteiger partial charge in [-0.25, -0.2) is 0 Å². The van der Waals surface area contributed by atoms with Gasteiger partial charge in [0, 0.05) is 23.3 Å². The monoisotopic (exact) mass is 224 g/mol. The smallest absolute Gasteiger partial charge is 0.0326 e. The van der Waals surface area contributed by atoms with E-state index in [1.807, 2.05) is 12.4 Å². The van der Waals surface area contributed by atoms with Gasteiger partial charge in [-0.2, -0.15) is 10.2 Å². The highest BCUT2D eigenvalue weighted by atomic mass is 15.2. The molecule has 0 rings (SSSR count). The van der Waals surface area contributed by atoms with Gasteiger partial charge in [0.15, 0.2) is 0 Å². The van der Waals surface area contributed by atoms with Crippen LogP contribution in [0, 0.1) is 10.8 Å². The van der Waals surface area contributed by atoms with Crippen LogP contribution in [0.4, 0.5) is 0 Å². The van der Waals surface area contributed by atoms with E-state index >= 15 is 0 Å². The summed E-state index contributed by atoms with van der Waals surface area (Å²) >= 11 is 0. The maximum atomic E-state index is 4.17. The highest BCUT2D eigenvalue weighted by molar-refractivity contribution is 5.68. The van der Waals surface area contributed by atoms with Crippen molar-refractivity contribution in [1.29, 1.82) is 0 Å². The van der Waals surface area contributed by atoms with Crippen LogP contribution in [0.1, 0.15) is 67.2 Å². The van der Waals surface area contributed by atoms with Crippen molar-refractivity contribution in [3.63, 3.8) is 0 Å². The second kappa shape index (κ2) is 6.82. The first-order valence-corrected chi connectivity index (χ1v) is 6.42. The molecule has 0 saturated heterocycles. The molecule has 0 spiro atoms. The van der Waals surface area contributed by atoms with E-state index in [4.69, 9.17) is 0 Å². The molecule has 0 saturated carbocycles. The molecular formula is C14H28N2. The van der Waals surface area contributed by atoms with E-state index in [0.717, 1.165) is 12.8 Å². The van der Waals surface area contributed by atoms with Gasteiger partial charge in [0.1, 0.15) is 0 Å². The Labute approximate surface area is 101 Å². The second-order valence-corrected chi connectivity index (χ2v) is 5.97. The zero-order chi connectivity index (χ0) is 12.7. The number of rotatable bonds is 7. The molecule has 0 atom stereocenters. The predicted octanol–water partition coefficient (Wildman–Crippen LogP) is 4.70. The van der Waals surface area contributed by atoms with E-state index in [2.05, 4.69) is 51.7 Å². The number of hydrogen-bond acceptors (Lipinski definition) is 2. The van der Waals surface area contributed by atoms with Gasteiger partial charge in [-0.3, -0.25) is 0 Å². The van der Waals surface area contributed by atoms with E-state index in [-0.39, 0.29) is 10.8 Å². The van der Waals surface area contributed by atoms with Crippen molar-refractivity contribution >= 4 is 12.4 Å². The molecule has 0 fully saturated rings. The number of nitrogens with zero attached hydrogens (tertiary/aromatic N) is 2. The Hall–Kier alpha value is -0.660. The molecule has 0 aromatic rings. The van der Waals surface area contributed by atoms with E-state index < -0.39 is 0 Å². The van der Waals surface area contributed by atoms with Gasteiger partial charge in [0.2, 0.25) is 0 Å². The van der Waals surface area contributed by atoms with Crippen molar-refractivity contribution < 1.29 is 0 Å². The number of hydrogen-bond donors (Lipinski definition) is 0. The highest BCUT2D eigenvalue weighted by Gasteiger charge is 2.14. The van der Waals surface area contributed by atoms with Crippen LogP contribution < -0.4 is 0 Å². The Kier molecular flexibility index (Phi) is 6.54. The molecule has 0 unspecified atom stereocenters. The van der Waals surface area contributed by atoms with Gasteiger partial charge in [0.25, 0.3) is 0 Å². The second-order valence-electron chi connectivity index (χ2n) is 5.97. The molecule has 2 heteroatoms. The molecule has 16 heavy (non-hydrogen) atoms. The first kappa shape index (κ1) is 15.3. The molecule has 0 heterocycles. The summed E-state index contributed by atoms with van der Waals surface area (Å²) in [7, 11) is 0. The molecule has 94 valence electrons. The molecule has 0 aliphatic rings. The maximum Gasteiger partial charge on any atom is 0.0326 e. The molecule has 0 amide bonds. The van der Waals surface area contributed by atoms with Crippen LogP contribution >= 0.6 is 0 Å². The Morgan fingerprint density at radius 3 is 1.31 bits per heavy atom. The van der Waals surface area contributed by atoms with Crippen LogP contribution in [-0.2, 0) is 0 Å². The Morgan fingerprint density at radius 2 is 1.06 bits per heavy atom. The van der Waals surface area contributed by atoms with Crippen LogP contribution in [0.5, 0.6) is 0 Å². The fraction of sp³-hybridized carbons (Fsp3) is 0.857. The van der Waals surface area contributed by atoms with Gasteiger partial charge >= 0.3 is 0 Å². The lowest BCUT2D eigenvalue weighted by atomic mass is 9.89.